The van der Waals surface area contributed by atoms with E-state index in [4.69, 9.17) is 32.7 Å². The van der Waals surface area contributed by atoms with Crippen molar-refractivity contribution in [2.24, 2.45) is 4.99 Å². The molecule has 0 spiro atoms. The number of aliphatic imine (C=N–C) groups is 1. The first kappa shape index (κ1) is 20.4. The Morgan fingerprint density at radius 2 is 1.78 bits per heavy atom. The van der Waals surface area contributed by atoms with Crippen LogP contribution in [0.3, 0.4) is 0 Å². The lowest BCUT2D eigenvalue weighted by Gasteiger charge is -2.14. The second-order valence-electron chi connectivity index (χ2n) is 5.95. The van der Waals surface area contributed by atoms with Crippen molar-refractivity contribution < 1.29 is 14.3 Å². The molecule has 0 unspecified atom stereocenters. The highest BCUT2D eigenvalue weighted by Gasteiger charge is 2.25. The van der Waals surface area contributed by atoms with E-state index in [-0.39, 0.29) is 17.7 Å². The van der Waals surface area contributed by atoms with Crippen LogP contribution in [0.25, 0.3) is 6.08 Å². The van der Waals surface area contributed by atoms with Gasteiger partial charge in [-0.25, -0.2) is 9.79 Å². The van der Waals surface area contributed by atoms with E-state index in [2.05, 4.69) is 36.9 Å². The third-order valence-corrected chi connectivity index (χ3v) is 5.38. The standard InChI is InChI=1S/C19H13Br2Cl2NO3/c1-9(2)26-17-12(20)5-10(6-13(17)21)7-16-19(25)27-18(24-16)11-3-4-14(22)15(23)8-11/h3-9H,1-2H3/b16-7-. The minimum absolute atomic E-state index is 0.0324. The van der Waals surface area contributed by atoms with Gasteiger partial charge in [-0.1, -0.05) is 23.2 Å². The Balaban J connectivity index is 1.93. The zero-order valence-corrected chi connectivity index (χ0v) is 18.9. The summed E-state index contributed by atoms with van der Waals surface area (Å²) in [5.41, 5.74) is 1.52. The monoisotopic (exact) mass is 531 g/mol. The Morgan fingerprint density at radius 1 is 1.11 bits per heavy atom. The van der Waals surface area contributed by atoms with Gasteiger partial charge in [0.25, 0.3) is 0 Å². The lowest BCUT2D eigenvalue weighted by Crippen LogP contribution is -2.06. The van der Waals surface area contributed by atoms with Crippen LogP contribution < -0.4 is 4.74 Å². The Bertz CT molecular complexity index is 964. The fraction of sp³-hybridized carbons (Fsp3) is 0.158. The SMILES string of the molecule is CC(C)Oc1c(Br)cc(/C=C2\N=C(c3ccc(Cl)c(Cl)c3)OC2=O)cc1Br. The number of hydrogen-bond donors (Lipinski definition) is 0. The highest BCUT2D eigenvalue weighted by Crippen LogP contribution is 2.36. The molecule has 0 atom stereocenters. The molecule has 27 heavy (non-hydrogen) atoms. The molecule has 1 aliphatic rings. The number of carbonyl (C=O) groups is 1. The summed E-state index contributed by atoms with van der Waals surface area (Å²) in [6.45, 7) is 3.89. The average molecular weight is 534 g/mol. The predicted octanol–water partition coefficient (Wildman–Crippen LogP) is 6.65. The van der Waals surface area contributed by atoms with Gasteiger partial charge < -0.3 is 9.47 Å². The zero-order chi connectivity index (χ0) is 19.7. The molecule has 0 N–H and O–H groups in total. The van der Waals surface area contributed by atoms with E-state index >= 15 is 0 Å². The van der Waals surface area contributed by atoms with Gasteiger partial charge >= 0.3 is 5.97 Å². The highest BCUT2D eigenvalue weighted by molar-refractivity contribution is 9.11. The molecule has 0 radical (unpaired) electrons. The number of rotatable bonds is 4. The van der Waals surface area contributed by atoms with E-state index in [1.807, 2.05) is 26.0 Å². The molecule has 0 fully saturated rings. The van der Waals surface area contributed by atoms with Crippen LogP contribution in [0.1, 0.15) is 25.0 Å². The van der Waals surface area contributed by atoms with Crippen molar-refractivity contribution in [1.82, 2.24) is 0 Å². The Kier molecular flexibility index (Phi) is 6.31. The molecule has 0 saturated carbocycles. The van der Waals surface area contributed by atoms with Gasteiger partial charge in [0.1, 0.15) is 5.75 Å². The van der Waals surface area contributed by atoms with Crippen molar-refractivity contribution in [2.75, 3.05) is 0 Å². The van der Waals surface area contributed by atoms with Gasteiger partial charge in [-0.3, -0.25) is 0 Å². The number of nitrogens with zero attached hydrogens (tertiary/aromatic N) is 1. The number of carbonyl (C=O) groups excluding carboxylic acids is 1. The van der Waals surface area contributed by atoms with Gasteiger partial charge in [0.15, 0.2) is 5.70 Å². The molecule has 0 saturated heterocycles. The van der Waals surface area contributed by atoms with Crippen molar-refractivity contribution in [3.63, 3.8) is 0 Å². The lowest BCUT2D eigenvalue weighted by atomic mass is 10.2. The van der Waals surface area contributed by atoms with Gasteiger partial charge in [-0.2, -0.15) is 0 Å². The summed E-state index contributed by atoms with van der Waals surface area (Å²) < 4.78 is 12.5. The minimum atomic E-state index is -0.536. The van der Waals surface area contributed by atoms with Crippen LogP contribution in [0.4, 0.5) is 0 Å². The van der Waals surface area contributed by atoms with E-state index in [1.165, 1.54) is 0 Å². The third-order valence-electron chi connectivity index (χ3n) is 3.46. The highest BCUT2D eigenvalue weighted by atomic mass is 79.9. The fourth-order valence-electron chi connectivity index (χ4n) is 2.33. The summed E-state index contributed by atoms with van der Waals surface area (Å²) in [5, 5.41) is 0.776. The lowest BCUT2D eigenvalue weighted by molar-refractivity contribution is -0.129. The van der Waals surface area contributed by atoms with E-state index in [1.54, 1.807) is 24.3 Å². The van der Waals surface area contributed by atoms with E-state index in [9.17, 15) is 4.79 Å². The van der Waals surface area contributed by atoms with Crippen LogP contribution in [0.2, 0.25) is 10.0 Å². The van der Waals surface area contributed by atoms with Crippen LogP contribution in [-0.4, -0.2) is 18.0 Å². The summed E-state index contributed by atoms with van der Waals surface area (Å²) in [6, 6.07) is 8.60. The number of ether oxygens (including phenoxy) is 2. The van der Waals surface area contributed by atoms with Gasteiger partial charge in [0, 0.05) is 5.56 Å². The van der Waals surface area contributed by atoms with Gasteiger partial charge in [0.2, 0.25) is 5.90 Å². The van der Waals surface area contributed by atoms with Crippen molar-refractivity contribution in [3.05, 3.63) is 66.1 Å². The minimum Gasteiger partial charge on any atom is -0.489 e. The van der Waals surface area contributed by atoms with Crippen LogP contribution >= 0.6 is 55.1 Å². The molecule has 1 aliphatic heterocycles. The molecule has 1 heterocycles. The quantitative estimate of drug-likeness (QED) is 0.326. The molecule has 0 bridgehead atoms. The number of halogens is 4. The maximum Gasteiger partial charge on any atom is 0.363 e. The van der Waals surface area contributed by atoms with Gasteiger partial charge in [0.05, 0.1) is 25.1 Å². The molecule has 2 aromatic rings. The molecular weight excluding hydrogens is 521 g/mol. The molecule has 3 rings (SSSR count). The molecule has 0 aromatic heterocycles. The van der Waals surface area contributed by atoms with Crippen LogP contribution in [-0.2, 0) is 9.53 Å². The number of cyclic esters (lactones) is 1. The summed E-state index contributed by atoms with van der Waals surface area (Å²) >= 11 is 18.9. The van der Waals surface area contributed by atoms with Crippen LogP contribution in [0, 0.1) is 0 Å². The third kappa shape index (κ3) is 4.74. The van der Waals surface area contributed by atoms with Crippen molar-refractivity contribution in [3.8, 4) is 5.75 Å². The maximum absolute atomic E-state index is 12.2. The first-order valence-corrected chi connectivity index (χ1v) is 10.2. The van der Waals surface area contributed by atoms with E-state index in [0.717, 1.165) is 14.5 Å². The molecular formula is C19H13Br2Cl2NO3. The molecule has 140 valence electrons. The Labute approximate surface area is 183 Å². The fourth-order valence-corrected chi connectivity index (χ4v) is 4.04. The van der Waals surface area contributed by atoms with Crippen molar-refractivity contribution in [1.29, 1.82) is 0 Å². The van der Waals surface area contributed by atoms with Crippen molar-refractivity contribution in [2.45, 2.75) is 20.0 Å². The van der Waals surface area contributed by atoms with Gasteiger partial charge in [-0.05, 0) is 87.7 Å². The zero-order valence-electron chi connectivity index (χ0n) is 14.2. The summed E-state index contributed by atoms with van der Waals surface area (Å²) in [5.74, 6) is 0.342. The Morgan fingerprint density at radius 3 is 2.37 bits per heavy atom. The average Bonchev–Trinajstić information content (AvgIpc) is 2.94. The molecule has 4 nitrogen and oxygen atoms in total. The van der Waals surface area contributed by atoms with E-state index < -0.39 is 5.97 Å². The van der Waals surface area contributed by atoms with Crippen LogP contribution in [0.15, 0.2) is 50.0 Å². The second kappa shape index (κ2) is 8.35. The number of esters is 1. The molecule has 2 aromatic carbocycles. The second-order valence-corrected chi connectivity index (χ2v) is 8.47. The molecule has 0 amide bonds. The topological polar surface area (TPSA) is 47.9 Å². The first-order valence-electron chi connectivity index (χ1n) is 7.88. The molecule has 0 aliphatic carbocycles. The summed E-state index contributed by atoms with van der Waals surface area (Å²) in [7, 11) is 0. The predicted molar refractivity (Wildman–Crippen MR) is 115 cm³/mol. The van der Waals surface area contributed by atoms with Crippen molar-refractivity contribution >= 4 is 73.0 Å². The molecule has 8 heteroatoms. The van der Waals surface area contributed by atoms with E-state index in [0.29, 0.717) is 21.4 Å². The Hall–Kier alpha value is -1.34. The summed E-state index contributed by atoms with van der Waals surface area (Å²) in [6.07, 6.45) is 1.67. The normalized spacial score (nSPS) is 15.3. The largest absolute Gasteiger partial charge is 0.489 e. The number of hydrogen-bond acceptors (Lipinski definition) is 4. The first-order chi connectivity index (χ1) is 12.7. The van der Waals surface area contributed by atoms with Crippen LogP contribution in [0.5, 0.6) is 5.75 Å². The smallest absolute Gasteiger partial charge is 0.363 e. The maximum atomic E-state index is 12.2. The number of benzene rings is 2. The summed E-state index contributed by atoms with van der Waals surface area (Å²) in [4.78, 5) is 16.5. The van der Waals surface area contributed by atoms with Gasteiger partial charge in [-0.15, -0.1) is 0 Å².